The number of halogens is 1. The minimum atomic E-state index is 0.251. The fraction of sp³-hybridized carbons (Fsp3) is 0.143. The molecule has 0 heterocycles. The van der Waals surface area contributed by atoms with E-state index in [2.05, 4.69) is 12.1 Å². The first-order valence-corrected chi connectivity index (χ1v) is 6.17. The van der Waals surface area contributed by atoms with E-state index in [1.807, 2.05) is 18.2 Å². The Labute approximate surface area is 65.6 Å². The molecule has 1 rings (SSSR count). The third kappa shape index (κ3) is 2.40. The Hall–Kier alpha value is 0.0295. The summed E-state index contributed by atoms with van der Waals surface area (Å²) in [7, 11) is 5.60. The van der Waals surface area contributed by atoms with E-state index in [1.54, 1.807) is 0 Å². The van der Waals surface area contributed by atoms with E-state index in [0.717, 1.165) is 5.32 Å². The Bertz CT molecular complexity index is 162. The van der Waals surface area contributed by atoms with Crippen molar-refractivity contribution in [1.82, 2.24) is 0 Å². The molecule has 0 spiro atoms. The van der Waals surface area contributed by atoms with Gasteiger partial charge in [0.05, 0.1) is 0 Å². The van der Waals surface area contributed by atoms with E-state index in [4.69, 9.17) is 10.1 Å². The normalized spacial score (nSPS) is 9.44. The summed E-state index contributed by atoms with van der Waals surface area (Å²) in [5.74, 6) is 0. The average Bonchev–Trinajstić information content (AvgIpc) is 1.91. The van der Waals surface area contributed by atoms with Crippen molar-refractivity contribution in [1.29, 1.82) is 0 Å². The monoisotopic (exact) mass is 206 g/mol. The predicted octanol–water partition coefficient (Wildman–Crippen LogP) is 2.04. The van der Waals surface area contributed by atoms with Crippen LogP contribution in [-0.2, 0) is 5.32 Å². The van der Waals surface area contributed by atoms with Crippen LogP contribution in [0.25, 0.3) is 0 Å². The van der Waals surface area contributed by atoms with Gasteiger partial charge in [-0.05, 0) is 0 Å². The van der Waals surface area contributed by atoms with Gasteiger partial charge in [-0.1, -0.05) is 0 Å². The van der Waals surface area contributed by atoms with Gasteiger partial charge in [0, 0.05) is 0 Å². The van der Waals surface area contributed by atoms with Crippen molar-refractivity contribution in [3.63, 3.8) is 0 Å². The van der Waals surface area contributed by atoms with Crippen molar-refractivity contribution in [2.75, 3.05) is 0 Å². The molecule has 0 amide bonds. The molecule has 0 aliphatic rings. The molecule has 0 N–H and O–H groups in total. The summed E-state index contributed by atoms with van der Waals surface area (Å²) < 4.78 is 0. The number of benzene rings is 1. The first-order valence-electron chi connectivity index (χ1n) is 2.71. The van der Waals surface area contributed by atoms with Crippen molar-refractivity contribution in [2.24, 2.45) is 0 Å². The summed E-state index contributed by atoms with van der Waals surface area (Å²) in [6.45, 7) is 0. The van der Waals surface area contributed by atoms with Gasteiger partial charge < -0.3 is 0 Å². The maximum absolute atomic E-state index is 5.60. The van der Waals surface area contributed by atoms with Crippen molar-refractivity contribution in [3.8, 4) is 0 Å². The number of rotatable bonds is 2. The average molecular weight is 206 g/mol. The van der Waals surface area contributed by atoms with Crippen LogP contribution in [0.3, 0.4) is 0 Å². The van der Waals surface area contributed by atoms with Crippen LogP contribution in [0.5, 0.6) is 0 Å². The minimum absolute atomic E-state index is 0.251. The molecule has 1 aromatic rings. The van der Waals surface area contributed by atoms with Gasteiger partial charge in [0.15, 0.2) is 0 Å². The Morgan fingerprint density at radius 2 is 1.89 bits per heavy atom. The SMILES string of the molecule is Cl[Se]Cc1ccccc1. The molecule has 0 fully saturated rings. The molecule has 9 heavy (non-hydrogen) atoms. The molecular weight excluding hydrogens is 198 g/mol. The second-order valence-corrected chi connectivity index (χ2v) is 3.94. The standard InChI is InChI=1S/C7H7ClSe/c8-9-6-7-4-2-1-3-5-7/h1-5H,6H2. The van der Waals surface area contributed by atoms with Crippen molar-refractivity contribution >= 4 is 24.1 Å². The van der Waals surface area contributed by atoms with Crippen molar-refractivity contribution in [3.05, 3.63) is 35.9 Å². The van der Waals surface area contributed by atoms with Gasteiger partial charge in [-0.25, -0.2) is 0 Å². The Kier molecular flexibility index (Phi) is 3.13. The molecule has 0 saturated carbocycles. The zero-order valence-electron chi connectivity index (χ0n) is 4.88. The van der Waals surface area contributed by atoms with Crippen LogP contribution < -0.4 is 0 Å². The maximum atomic E-state index is 5.60. The van der Waals surface area contributed by atoms with E-state index in [9.17, 15) is 0 Å². The molecule has 0 aliphatic carbocycles. The summed E-state index contributed by atoms with van der Waals surface area (Å²) in [5, 5.41) is 1.04. The van der Waals surface area contributed by atoms with Crippen molar-refractivity contribution in [2.45, 2.75) is 5.32 Å². The van der Waals surface area contributed by atoms with Crippen LogP contribution in [0.2, 0.25) is 0 Å². The topological polar surface area (TPSA) is 0 Å². The second kappa shape index (κ2) is 3.94. The van der Waals surface area contributed by atoms with E-state index in [0.29, 0.717) is 0 Å². The van der Waals surface area contributed by atoms with E-state index < -0.39 is 0 Å². The molecule has 1 aromatic carbocycles. The fourth-order valence-corrected chi connectivity index (χ4v) is 1.96. The van der Waals surface area contributed by atoms with Crippen LogP contribution in [0, 0.1) is 0 Å². The molecule has 0 saturated heterocycles. The second-order valence-electron chi connectivity index (χ2n) is 1.74. The Morgan fingerprint density at radius 1 is 1.22 bits per heavy atom. The van der Waals surface area contributed by atoms with Gasteiger partial charge >= 0.3 is 65.4 Å². The molecule has 2 heteroatoms. The zero-order chi connectivity index (χ0) is 6.53. The molecule has 0 aliphatic heterocycles. The molecule has 48 valence electrons. The number of hydrogen-bond donors (Lipinski definition) is 0. The van der Waals surface area contributed by atoms with Gasteiger partial charge in [0.1, 0.15) is 0 Å². The Balaban J connectivity index is 2.61. The third-order valence-electron chi connectivity index (χ3n) is 1.06. The fourth-order valence-electron chi connectivity index (χ4n) is 0.637. The van der Waals surface area contributed by atoms with Gasteiger partial charge in [-0.3, -0.25) is 0 Å². The third-order valence-corrected chi connectivity index (χ3v) is 2.56. The number of hydrogen-bond acceptors (Lipinski definition) is 0. The van der Waals surface area contributed by atoms with Crippen LogP contribution in [0.4, 0.5) is 0 Å². The van der Waals surface area contributed by atoms with Gasteiger partial charge in [-0.15, -0.1) is 0 Å². The molecule has 0 aromatic heterocycles. The predicted molar refractivity (Wildman–Crippen MR) is 41.8 cm³/mol. The Morgan fingerprint density at radius 3 is 2.44 bits per heavy atom. The van der Waals surface area contributed by atoms with Crippen LogP contribution in [0.15, 0.2) is 30.3 Å². The zero-order valence-corrected chi connectivity index (χ0v) is 7.35. The van der Waals surface area contributed by atoms with Crippen LogP contribution in [-0.4, -0.2) is 14.0 Å². The van der Waals surface area contributed by atoms with Crippen LogP contribution in [0.1, 0.15) is 5.56 Å². The molecule has 0 unspecified atom stereocenters. The summed E-state index contributed by atoms with van der Waals surface area (Å²) in [6, 6.07) is 10.3. The summed E-state index contributed by atoms with van der Waals surface area (Å²) >= 11 is 0.251. The molecular formula is C7H7ClSe. The van der Waals surface area contributed by atoms with E-state index in [1.165, 1.54) is 5.56 Å². The van der Waals surface area contributed by atoms with E-state index in [-0.39, 0.29) is 14.0 Å². The molecule has 0 nitrogen and oxygen atoms in total. The quantitative estimate of drug-likeness (QED) is 0.649. The van der Waals surface area contributed by atoms with E-state index >= 15 is 0 Å². The summed E-state index contributed by atoms with van der Waals surface area (Å²) in [6.07, 6.45) is 0. The van der Waals surface area contributed by atoms with Gasteiger partial charge in [0.25, 0.3) is 0 Å². The van der Waals surface area contributed by atoms with Crippen LogP contribution >= 0.6 is 10.1 Å². The summed E-state index contributed by atoms with van der Waals surface area (Å²) in [5.41, 5.74) is 1.34. The first-order chi connectivity index (χ1) is 4.43. The molecule has 0 radical (unpaired) electrons. The van der Waals surface area contributed by atoms with Crippen molar-refractivity contribution < 1.29 is 0 Å². The molecule has 0 bridgehead atoms. The van der Waals surface area contributed by atoms with Gasteiger partial charge in [-0.2, -0.15) is 0 Å². The van der Waals surface area contributed by atoms with Gasteiger partial charge in [0.2, 0.25) is 0 Å². The first kappa shape index (κ1) is 7.14. The molecule has 0 atom stereocenters. The summed E-state index contributed by atoms with van der Waals surface area (Å²) in [4.78, 5) is 0.